The number of benzene rings is 1. The smallest absolute Gasteiger partial charge is 0.328 e. The van der Waals surface area contributed by atoms with Gasteiger partial charge in [-0.05, 0) is 19.1 Å². The fourth-order valence-corrected chi connectivity index (χ4v) is 4.68. The Morgan fingerprint density at radius 1 is 1.39 bits per heavy atom. The van der Waals surface area contributed by atoms with Gasteiger partial charge in [-0.1, -0.05) is 18.2 Å². The summed E-state index contributed by atoms with van der Waals surface area (Å²) in [7, 11) is 0. The molecule has 2 heterocycles. The van der Waals surface area contributed by atoms with Gasteiger partial charge in [-0.2, -0.15) is 0 Å². The summed E-state index contributed by atoms with van der Waals surface area (Å²) in [6.45, 7) is 1.61. The van der Waals surface area contributed by atoms with Crippen LogP contribution in [0.5, 0.6) is 0 Å². The number of hydrogen-bond acceptors (Lipinski definition) is 4. The first-order valence-electron chi connectivity index (χ1n) is 7.04. The van der Waals surface area contributed by atoms with Crippen LogP contribution in [0.1, 0.15) is 17.3 Å². The summed E-state index contributed by atoms with van der Waals surface area (Å²) in [6.07, 6.45) is 0. The number of nitrogens with zero attached hydrogens (tertiary/aromatic N) is 1. The van der Waals surface area contributed by atoms with Crippen molar-refractivity contribution in [2.45, 2.75) is 29.3 Å². The van der Waals surface area contributed by atoms with E-state index in [4.69, 9.17) is 11.6 Å². The average Bonchev–Trinajstić information content (AvgIpc) is 2.52. The Morgan fingerprint density at radius 3 is 2.65 bits per heavy atom. The van der Waals surface area contributed by atoms with E-state index >= 15 is 0 Å². The molecule has 122 valence electrons. The lowest BCUT2D eigenvalue weighted by molar-refractivity contribution is -0.162. The third-order valence-corrected chi connectivity index (χ3v) is 6.13. The highest BCUT2D eigenvalue weighted by Gasteiger charge is 2.61. The Balaban J connectivity index is 1.75. The van der Waals surface area contributed by atoms with Gasteiger partial charge >= 0.3 is 5.97 Å². The van der Waals surface area contributed by atoms with Crippen molar-refractivity contribution in [2.24, 2.45) is 0 Å². The van der Waals surface area contributed by atoms with Crippen LogP contribution < -0.4 is 5.32 Å². The van der Waals surface area contributed by atoms with Gasteiger partial charge in [-0.3, -0.25) is 9.59 Å². The number of fused-ring (bicyclic) bond motifs is 1. The van der Waals surface area contributed by atoms with Gasteiger partial charge in [0.05, 0.1) is 4.87 Å². The van der Waals surface area contributed by atoms with Crippen LogP contribution in [0.25, 0.3) is 0 Å². The van der Waals surface area contributed by atoms with E-state index in [-0.39, 0.29) is 5.91 Å². The predicted molar refractivity (Wildman–Crippen MR) is 86.5 cm³/mol. The molecule has 2 N–H and O–H groups in total. The Bertz CT molecular complexity index is 667. The molecule has 2 amide bonds. The maximum atomic E-state index is 12.3. The molecular formula is C15H15ClN2O4S. The number of carbonyl (C=O) groups is 3. The lowest BCUT2D eigenvalue weighted by atomic mass is 9.94. The summed E-state index contributed by atoms with van der Waals surface area (Å²) in [6, 6.07) is 6.76. The van der Waals surface area contributed by atoms with Crippen molar-refractivity contribution in [1.29, 1.82) is 0 Å². The first kappa shape index (κ1) is 16.1. The third kappa shape index (κ3) is 2.68. The van der Waals surface area contributed by atoms with Crippen molar-refractivity contribution in [1.82, 2.24) is 10.2 Å². The molecule has 2 fully saturated rings. The largest absolute Gasteiger partial charge is 0.480 e. The van der Waals surface area contributed by atoms with Crippen LogP contribution in [0, 0.1) is 0 Å². The quantitative estimate of drug-likeness (QED) is 0.628. The second-order valence-electron chi connectivity index (χ2n) is 5.78. The Kier molecular flexibility index (Phi) is 4.01. The van der Waals surface area contributed by atoms with E-state index in [0.717, 1.165) is 0 Å². The highest BCUT2D eigenvalue weighted by molar-refractivity contribution is 8.00. The summed E-state index contributed by atoms with van der Waals surface area (Å²) >= 11 is 7.64. The maximum Gasteiger partial charge on any atom is 0.328 e. The number of rotatable bonds is 3. The number of alkyl halides is 1. The van der Waals surface area contributed by atoms with Gasteiger partial charge in [-0.15, -0.1) is 23.4 Å². The molecule has 0 aliphatic carbocycles. The fraction of sp³-hybridized carbons (Fsp3) is 0.400. The van der Waals surface area contributed by atoms with Crippen LogP contribution in [-0.4, -0.2) is 55.9 Å². The maximum absolute atomic E-state index is 12.3. The predicted octanol–water partition coefficient (Wildman–Crippen LogP) is 1.15. The lowest BCUT2D eigenvalue weighted by Gasteiger charge is -2.55. The third-order valence-electron chi connectivity index (χ3n) is 4.02. The molecule has 1 aromatic rings. The highest BCUT2D eigenvalue weighted by Crippen LogP contribution is 2.44. The van der Waals surface area contributed by atoms with Gasteiger partial charge in [0.2, 0.25) is 5.91 Å². The summed E-state index contributed by atoms with van der Waals surface area (Å²) in [5.41, 5.74) is 0.455. The molecule has 2 aliphatic heterocycles. The van der Waals surface area contributed by atoms with E-state index in [2.05, 4.69) is 5.32 Å². The number of carboxylic acids is 1. The monoisotopic (exact) mass is 354 g/mol. The molecule has 3 rings (SSSR count). The van der Waals surface area contributed by atoms with Gasteiger partial charge in [-0.25, -0.2) is 4.79 Å². The zero-order chi connectivity index (χ0) is 16.8. The normalized spacial score (nSPS) is 32.7. The summed E-state index contributed by atoms with van der Waals surface area (Å²) in [4.78, 5) is 36.2. The SMILES string of the molecule is C[C@@]1(Cl)CS[C@@H]2[C@H](NC(=O)c3ccccc3)C(=O)N2[C@H]1C(=O)O. The first-order valence-corrected chi connectivity index (χ1v) is 8.47. The van der Waals surface area contributed by atoms with Gasteiger partial charge in [0.25, 0.3) is 5.91 Å². The number of amides is 2. The van der Waals surface area contributed by atoms with Gasteiger partial charge < -0.3 is 15.3 Å². The van der Waals surface area contributed by atoms with E-state index in [1.807, 2.05) is 0 Å². The van der Waals surface area contributed by atoms with Crippen LogP contribution >= 0.6 is 23.4 Å². The van der Waals surface area contributed by atoms with Crippen LogP contribution in [0.15, 0.2) is 30.3 Å². The minimum Gasteiger partial charge on any atom is -0.480 e. The topological polar surface area (TPSA) is 86.7 Å². The molecule has 2 saturated heterocycles. The lowest BCUT2D eigenvalue weighted by Crippen LogP contribution is -2.78. The van der Waals surface area contributed by atoms with Crippen molar-refractivity contribution in [3.63, 3.8) is 0 Å². The van der Waals surface area contributed by atoms with Crippen LogP contribution in [0.4, 0.5) is 0 Å². The molecule has 0 radical (unpaired) electrons. The summed E-state index contributed by atoms with van der Waals surface area (Å²) in [5.74, 6) is -1.51. The number of halogens is 1. The minimum atomic E-state index is -1.13. The Morgan fingerprint density at radius 2 is 2.04 bits per heavy atom. The van der Waals surface area contributed by atoms with Crippen molar-refractivity contribution in [3.05, 3.63) is 35.9 Å². The second kappa shape index (κ2) is 5.72. The standard InChI is InChI=1S/C15H15ClN2O4S/c1-15(16)7-23-13-9(12(20)18(13)10(15)14(21)22)17-11(19)8-5-3-2-4-6-8/h2-6,9-10,13H,7H2,1H3,(H,17,19)(H,21,22)/t9-,10+,13-,15-/m1/s1. The zero-order valence-corrected chi connectivity index (χ0v) is 13.8. The summed E-state index contributed by atoms with van der Waals surface area (Å²) in [5, 5.41) is 11.7. The molecule has 1 aromatic carbocycles. The van der Waals surface area contributed by atoms with Gasteiger partial charge in [0.15, 0.2) is 0 Å². The van der Waals surface area contributed by atoms with E-state index < -0.39 is 34.2 Å². The number of carboxylic acid groups (broad SMARTS) is 1. The molecule has 4 atom stereocenters. The highest BCUT2D eigenvalue weighted by atomic mass is 35.5. The van der Waals surface area contributed by atoms with Crippen LogP contribution in [0.3, 0.4) is 0 Å². The molecule has 6 nitrogen and oxygen atoms in total. The number of β-lactam (4-membered cyclic amide) rings is 1. The van der Waals surface area contributed by atoms with E-state index in [1.165, 1.54) is 16.7 Å². The Labute approximate surface area is 142 Å². The summed E-state index contributed by atoms with van der Waals surface area (Å²) < 4.78 is 0. The van der Waals surface area contributed by atoms with Crippen LogP contribution in [0.2, 0.25) is 0 Å². The van der Waals surface area contributed by atoms with E-state index in [9.17, 15) is 19.5 Å². The molecule has 0 unspecified atom stereocenters. The zero-order valence-electron chi connectivity index (χ0n) is 12.2. The molecule has 2 aliphatic rings. The number of carbonyl (C=O) groups excluding carboxylic acids is 2. The second-order valence-corrected chi connectivity index (χ2v) is 7.75. The first-order chi connectivity index (χ1) is 10.8. The number of hydrogen-bond donors (Lipinski definition) is 2. The molecule has 8 heteroatoms. The van der Waals surface area contributed by atoms with Crippen molar-refractivity contribution >= 4 is 41.1 Å². The average molecular weight is 355 g/mol. The number of aliphatic carboxylic acids is 1. The van der Waals surface area contributed by atoms with E-state index in [1.54, 1.807) is 37.3 Å². The number of nitrogens with one attached hydrogen (secondary N) is 1. The minimum absolute atomic E-state index is 0.352. The molecule has 0 aromatic heterocycles. The molecule has 0 spiro atoms. The molecule has 0 bridgehead atoms. The van der Waals surface area contributed by atoms with Gasteiger partial charge in [0.1, 0.15) is 17.5 Å². The van der Waals surface area contributed by atoms with Crippen LogP contribution in [-0.2, 0) is 9.59 Å². The Hall–Kier alpha value is -1.73. The molecule has 23 heavy (non-hydrogen) atoms. The van der Waals surface area contributed by atoms with Crippen molar-refractivity contribution in [3.8, 4) is 0 Å². The van der Waals surface area contributed by atoms with Crippen molar-refractivity contribution < 1.29 is 19.5 Å². The van der Waals surface area contributed by atoms with E-state index in [0.29, 0.717) is 11.3 Å². The molecule has 0 saturated carbocycles. The van der Waals surface area contributed by atoms with Gasteiger partial charge in [0, 0.05) is 11.3 Å². The molecular weight excluding hydrogens is 340 g/mol. The van der Waals surface area contributed by atoms with Crippen molar-refractivity contribution in [2.75, 3.05) is 5.75 Å². The fourth-order valence-electron chi connectivity index (χ4n) is 2.88. The number of thioether (sulfide) groups is 1.